The largest absolute Gasteiger partial charge is 0.486 e. The molecule has 0 aromatic heterocycles. The first-order valence-corrected chi connectivity index (χ1v) is 9.19. The minimum atomic E-state index is 0.0148. The van der Waals surface area contributed by atoms with Crippen molar-refractivity contribution in [2.24, 2.45) is 5.10 Å². The van der Waals surface area contributed by atoms with Crippen LogP contribution in [-0.4, -0.2) is 54.9 Å². The maximum atomic E-state index is 12.6. The molecule has 0 atom stereocenters. The van der Waals surface area contributed by atoms with Gasteiger partial charge in [-0.3, -0.25) is 9.69 Å². The molecule has 0 saturated heterocycles. The number of fused-ring (bicyclic) bond motifs is 1. The number of amides is 1. The van der Waals surface area contributed by atoms with Crippen LogP contribution >= 0.6 is 0 Å². The molecule has 0 aliphatic carbocycles. The first kappa shape index (κ1) is 17.5. The number of nitrogens with zero attached hydrogens (tertiary/aromatic N) is 3. The summed E-state index contributed by atoms with van der Waals surface area (Å²) in [4.78, 5) is 14.6. The molecule has 2 aliphatic rings. The Morgan fingerprint density at radius 1 is 1.11 bits per heavy atom. The topological polar surface area (TPSA) is 54.4 Å². The van der Waals surface area contributed by atoms with Gasteiger partial charge in [0.2, 0.25) is 0 Å². The van der Waals surface area contributed by atoms with Crippen LogP contribution in [0, 0.1) is 0 Å². The third kappa shape index (κ3) is 4.11. The second-order valence-corrected chi connectivity index (χ2v) is 6.83. The molecule has 2 aromatic carbocycles. The van der Waals surface area contributed by atoms with Crippen molar-refractivity contribution in [1.29, 1.82) is 0 Å². The fourth-order valence-corrected chi connectivity index (χ4v) is 3.34. The SMILES string of the molecule is CN(CC(=O)N1CCC(c2ccccc2)=N1)Cc1ccc2c(c1)OCCO2. The zero-order valence-electron chi connectivity index (χ0n) is 15.4. The zero-order valence-corrected chi connectivity index (χ0v) is 15.4. The molecule has 0 unspecified atom stereocenters. The van der Waals surface area contributed by atoms with Crippen LogP contribution in [0.15, 0.2) is 53.6 Å². The molecule has 0 spiro atoms. The Morgan fingerprint density at radius 3 is 2.70 bits per heavy atom. The van der Waals surface area contributed by atoms with Gasteiger partial charge in [-0.2, -0.15) is 5.10 Å². The van der Waals surface area contributed by atoms with E-state index in [9.17, 15) is 4.79 Å². The molecule has 6 heteroatoms. The van der Waals surface area contributed by atoms with Gasteiger partial charge in [0, 0.05) is 13.0 Å². The predicted octanol–water partition coefficient (Wildman–Crippen LogP) is 2.53. The van der Waals surface area contributed by atoms with Crippen LogP contribution in [0.5, 0.6) is 11.5 Å². The second-order valence-electron chi connectivity index (χ2n) is 6.83. The summed E-state index contributed by atoms with van der Waals surface area (Å²) in [6.07, 6.45) is 0.793. The molecule has 140 valence electrons. The molecule has 1 amide bonds. The standard InChI is InChI=1S/C21H23N3O3/c1-23(14-16-7-8-19-20(13-16)27-12-11-26-19)15-21(25)24-10-9-18(22-24)17-5-3-2-4-6-17/h2-8,13H,9-12,14-15H2,1H3. The highest BCUT2D eigenvalue weighted by molar-refractivity contribution is 6.02. The molecule has 0 bridgehead atoms. The minimum Gasteiger partial charge on any atom is -0.486 e. The third-order valence-electron chi connectivity index (χ3n) is 4.66. The van der Waals surface area contributed by atoms with Gasteiger partial charge in [0.1, 0.15) is 13.2 Å². The summed E-state index contributed by atoms with van der Waals surface area (Å²) < 4.78 is 11.2. The van der Waals surface area contributed by atoms with Crippen LogP contribution in [0.3, 0.4) is 0 Å². The lowest BCUT2D eigenvalue weighted by molar-refractivity contribution is -0.131. The molecule has 27 heavy (non-hydrogen) atoms. The summed E-state index contributed by atoms with van der Waals surface area (Å²) in [5.74, 6) is 1.57. The molecule has 0 fully saturated rings. The smallest absolute Gasteiger partial charge is 0.256 e. The summed E-state index contributed by atoms with van der Waals surface area (Å²) in [5.41, 5.74) is 3.14. The van der Waals surface area contributed by atoms with E-state index in [2.05, 4.69) is 5.10 Å². The molecule has 2 heterocycles. The Morgan fingerprint density at radius 2 is 1.89 bits per heavy atom. The third-order valence-corrected chi connectivity index (χ3v) is 4.66. The van der Waals surface area contributed by atoms with Crippen molar-refractivity contribution in [1.82, 2.24) is 9.91 Å². The lowest BCUT2D eigenvalue weighted by Gasteiger charge is -2.21. The van der Waals surface area contributed by atoms with Crippen molar-refractivity contribution in [2.75, 3.05) is 33.4 Å². The van der Waals surface area contributed by atoms with Gasteiger partial charge in [0.05, 0.1) is 18.8 Å². The van der Waals surface area contributed by atoms with Gasteiger partial charge in [0.15, 0.2) is 11.5 Å². The van der Waals surface area contributed by atoms with Crippen molar-refractivity contribution < 1.29 is 14.3 Å². The first-order valence-electron chi connectivity index (χ1n) is 9.19. The van der Waals surface area contributed by atoms with Crippen molar-refractivity contribution in [3.8, 4) is 11.5 Å². The van der Waals surface area contributed by atoms with E-state index in [1.807, 2.05) is 60.5 Å². The Balaban J connectivity index is 1.35. The number of hydrogen-bond acceptors (Lipinski definition) is 5. The van der Waals surface area contributed by atoms with Gasteiger partial charge >= 0.3 is 0 Å². The van der Waals surface area contributed by atoms with Crippen molar-refractivity contribution in [2.45, 2.75) is 13.0 Å². The second kappa shape index (κ2) is 7.80. The maximum Gasteiger partial charge on any atom is 0.256 e. The Kier molecular flexibility index (Phi) is 5.07. The fraction of sp³-hybridized carbons (Fsp3) is 0.333. The number of ether oxygens (including phenoxy) is 2. The Hall–Kier alpha value is -2.86. The molecule has 0 saturated carbocycles. The number of rotatable bonds is 5. The van der Waals surface area contributed by atoms with E-state index in [1.54, 1.807) is 5.01 Å². The number of hydrogen-bond donors (Lipinski definition) is 0. The number of carbonyl (C=O) groups is 1. The first-order chi connectivity index (χ1) is 13.2. The Bertz CT molecular complexity index is 851. The lowest BCUT2D eigenvalue weighted by atomic mass is 10.1. The summed E-state index contributed by atoms with van der Waals surface area (Å²) >= 11 is 0. The van der Waals surface area contributed by atoms with E-state index in [1.165, 1.54) is 0 Å². The summed E-state index contributed by atoms with van der Waals surface area (Å²) in [7, 11) is 1.94. The molecule has 4 rings (SSSR count). The van der Waals surface area contributed by atoms with Gasteiger partial charge < -0.3 is 9.47 Å². The predicted molar refractivity (Wildman–Crippen MR) is 103 cm³/mol. The van der Waals surface area contributed by atoms with Gasteiger partial charge in [-0.1, -0.05) is 36.4 Å². The molecule has 2 aliphatic heterocycles. The van der Waals surface area contributed by atoms with Gasteiger partial charge in [-0.25, -0.2) is 5.01 Å². The van der Waals surface area contributed by atoms with Crippen LogP contribution < -0.4 is 9.47 Å². The lowest BCUT2D eigenvalue weighted by Crippen LogP contribution is -2.34. The number of hydrazone groups is 1. The number of carbonyl (C=O) groups excluding carboxylic acids is 1. The highest BCUT2D eigenvalue weighted by Gasteiger charge is 2.22. The Labute approximate surface area is 159 Å². The molecule has 2 aromatic rings. The van der Waals surface area contributed by atoms with Crippen molar-refractivity contribution in [3.63, 3.8) is 0 Å². The number of benzene rings is 2. The van der Waals surface area contributed by atoms with Crippen LogP contribution in [-0.2, 0) is 11.3 Å². The molecular weight excluding hydrogens is 342 g/mol. The van der Waals surface area contributed by atoms with E-state index in [-0.39, 0.29) is 5.91 Å². The monoisotopic (exact) mass is 365 g/mol. The van der Waals surface area contributed by atoms with Gasteiger partial charge in [-0.15, -0.1) is 0 Å². The molecule has 0 radical (unpaired) electrons. The summed E-state index contributed by atoms with van der Waals surface area (Å²) in [6.45, 7) is 2.77. The molecular formula is C21H23N3O3. The van der Waals surface area contributed by atoms with E-state index >= 15 is 0 Å². The van der Waals surface area contributed by atoms with Crippen LogP contribution in [0.2, 0.25) is 0 Å². The van der Waals surface area contributed by atoms with Gasteiger partial charge in [0.25, 0.3) is 5.91 Å². The average molecular weight is 365 g/mol. The van der Waals surface area contributed by atoms with Crippen molar-refractivity contribution >= 4 is 11.6 Å². The molecule has 0 N–H and O–H groups in total. The fourth-order valence-electron chi connectivity index (χ4n) is 3.34. The van der Waals surface area contributed by atoms with Gasteiger partial charge in [-0.05, 0) is 30.3 Å². The van der Waals surface area contributed by atoms with Crippen LogP contribution in [0.25, 0.3) is 0 Å². The highest BCUT2D eigenvalue weighted by atomic mass is 16.6. The summed E-state index contributed by atoms with van der Waals surface area (Å²) in [6, 6.07) is 15.9. The van der Waals surface area contributed by atoms with Crippen LogP contribution in [0.1, 0.15) is 17.5 Å². The van der Waals surface area contributed by atoms with E-state index in [0.717, 1.165) is 34.8 Å². The van der Waals surface area contributed by atoms with E-state index in [0.29, 0.717) is 32.8 Å². The van der Waals surface area contributed by atoms with E-state index in [4.69, 9.17) is 9.47 Å². The highest BCUT2D eigenvalue weighted by Crippen LogP contribution is 2.31. The maximum absolute atomic E-state index is 12.6. The van der Waals surface area contributed by atoms with Crippen LogP contribution in [0.4, 0.5) is 0 Å². The summed E-state index contributed by atoms with van der Waals surface area (Å²) in [5, 5.41) is 6.10. The average Bonchev–Trinajstić information content (AvgIpc) is 3.19. The van der Waals surface area contributed by atoms with E-state index < -0.39 is 0 Å². The van der Waals surface area contributed by atoms with Crippen molar-refractivity contribution in [3.05, 3.63) is 59.7 Å². The quantitative estimate of drug-likeness (QED) is 0.817. The minimum absolute atomic E-state index is 0.0148. The normalized spacial score (nSPS) is 15.8. The number of likely N-dealkylation sites (N-methyl/N-ethyl adjacent to an activating group) is 1. The molecule has 6 nitrogen and oxygen atoms in total. The zero-order chi connectivity index (χ0) is 18.6.